The highest BCUT2D eigenvalue weighted by atomic mass is 127. The average Bonchev–Trinajstić information content (AvgIpc) is 3.12. The summed E-state index contributed by atoms with van der Waals surface area (Å²) in [6.07, 6.45) is 7.21. The smallest absolute Gasteiger partial charge is 0.193 e. The molecule has 4 nitrogen and oxygen atoms in total. The molecule has 1 aromatic rings. The van der Waals surface area contributed by atoms with Crippen molar-refractivity contribution < 1.29 is 9.13 Å². The molecule has 2 aliphatic rings. The van der Waals surface area contributed by atoms with Crippen LogP contribution in [0.15, 0.2) is 29.3 Å². The van der Waals surface area contributed by atoms with Crippen LogP contribution in [0.1, 0.15) is 44.1 Å². The fourth-order valence-corrected chi connectivity index (χ4v) is 4.58. The molecule has 3 rings (SSSR count). The number of halogens is 2. The summed E-state index contributed by atoms with van der Waals surface area (Å²) in [6.45, 7) is 3.69. The van der Waals surface area contributed by atoms with Crippen molar-refractivity contribution in [1.82, 2.24) is 10.2 Å². The highest BCUT2D eigenvalue weighted by Gasteiger charge is 2.35. The molecule has 1 saturated carbocycles. The zero-order valence-electron chi connectivity index (χ0n) is 16.5. The Morgan fingerprint density at radius 2 is 1.96 bits per heavy atom. The highest BCUT2D eigenvalue weighted by Crippen LogP contribution is 2.39. The Balaban J connectivity index is 0.00000261. The first-order valence-corrected chi connectivity index (χ1v) is 9.87. The van der Waals surface area contributed by atoms with Gasteiger partial charge in [-0.3, -0.25) is 4.99 Å². The van der Waals surface area contributed by atoms with Gasteiger partial charge in [0.15, 0.2) is 5.96 Å². The van der Waals surface area contributed by atoms with E-state index in [4.69, 9.17) is 4.74 Å². The molecule has 0 amide bonds. The Kier molecular flexibility index (Phi) is 8.79. The maximum absolute atomic E-state index is 13.4. The minimum atomic E-state index is -0.162. The van der Waals surface area contributed by atoms with Crippen LogP contribution in [0.25, 0.3) is 0 Å². The number of benzene rings is 1. The quantitative estimate of drug-likeness (QED) is 0.383. The lowest BCUT2D eigenvalue weighted by Crippen LogP contribution is -2.47. The third-order valence-corrected chi connectivity index (χ3v) is 6.05. The molecule has 1 aliphatic carbocycles. The van der Waals surface area contributed by atoms with Crippen LogP contribution in [-0.2, 0) is 10.2 Å². The van der Waals surface area contributed by atoms with Gasteiger partial charge < -0.3 is 15.0 Å². The van der Waals surface area contributed by atoms with Crippen LogP contribution in [0.4, 0.5) is 4.39 Å². The number of methoxy groups -OCH3 is 1. The monoisotopic (exact) mass is 489 g/mol. The Morgan fingerprint density at radius 3 is 2.59 bits per heavy atom. The van der Waals surface area contributed by atoms with E-state index < -0.39 is 0 Å². The number of hydrogen-bond donors (Lipinski definition) is 1. The summed E-state index contributed by atoms with van der Waals surface area (Å²) >= 11 is 0. The number of likely N-dealkylation sites (tertiary alicyclic amines) is 1. The standard InChI is InChI=1S/C21H32FN3O.HI/c1-23-20(25-13-10-17(14-25)15-26-2)24-16-21(11-4-3-5-12-21)18-6-8-19(22)9-7-18;/h6-9,17H,3-5,10-16H2,1-2H3,(H,23,24);1H. The van der Waals surface area contributed by atoms with E-state index in [1.54, 1.807) is 19.2 Å². The molecule has 1 aromatic carbocycles. The number of aliphatic imine (C=N–C) groups is 1. The summed E-state index contributed by atoms with van der Waals surface area (Å²) in [6, 6.07) is 7.12. The van der Waals surface area contributed by atoms with E-state index in [0.717, 1.165) is 51.5 Å². The molecule has 0 radical (unpaired) electrons. The number of rotatable bonds is 5. The maximum Gasteiger partial charge on any atom is 0.193 e. The van der Waals surface area contributed by atoms with Crippen molar-refractivity contribution in [2.24, 2.45) is 10.9 Å². The molecule has 1 unspecified atom stereocenters. The third kappa shape index (κ3) is 5.56. The summed E-state index contributed by atoms with van der Waals surface area (Å²) in [5.74, 6) is 1.40. The van der Waals surface area contributed by atoms with Crippen LogP contribution in [0, 0.1) is 11.7 Å². The van der Waals surface area contributed by atoms with Crippen molar-refractivity contribution in [3.8, 4) is 0 Å². The van der Waals surface area contributed by atoms with E-state index in [1.165, 1.54) is 24.8 Å². The second kappa shape index (κ2) is 10.6. The van der Waals surface area contributed by atoms with Crippen molar-refractivity contribution in [3.05, 3.63) is 35.6 Å². The van der Waals surface area contributed by atoms with Gasteiger partial charge >= 0.3 is 0 Å². The first kappa shape index (κ1) is 22.4. The molecule has 1 saturated heterocycles. The van der Waals surface area contributed by atoms with Crippen LogP contribution in [-0.4, -0.2) is 51.3 Å². The summed E-state index contributed by atoms with van der Waals surface area (Å²) in [5.41, 5.74) is 1.33. The molecule has 0 aromatic heterocycles. The van der Waals surface area contributed by atoms with Gasteiger partial charge in [-0.25, -0.2) is 4.39 Å². The second-order valence-electron chi connectivity index (χ2n) is 7.80. The van der Waals surface area contributed by atoms with Crippen LogP contribution < -0.4 is 5.32 Å². The largest absolute Gasteiger partial charge is 0.384 e. The minimum absolute atomic E-state index is 0. The topological polar surface area (TPSA) is 36.9 Å². The van der Waals surface area contributed by atoms with E-state index in [2.05, 4.69) is 15.2 Å². The molecular formula is C21H33FIN3O. The Hall–Kier alpha value is -0.890. The number of guanidine groups is 1. The number of hydrogen-bond acceptors (Lipinski definition) is 2. The molecule has 0 spiro atoms. The fraction of sp³-hybridized carbons (Fsp3) is 0.667. The van der Waals surface area contributed by atoms with E-state index >= 15 is 0 Å². The van der Waals surface area contributed by atoms with Crippen LogP contribution in [0.5, 0.6) is 0 Å². The zero-order valence-corrected chi connectivity index (χ0v) is 18.9. The van der Waals surface area contributed by atoms with Gasteiger partial charge in [0.2, 0.25) is 0 Å². The molecule has 27 heavy (non-hydrogen) atoms. The molecule has 1 heterocycles. The van der Waals surface area contributed by atoms with E-state index in [1.807, 2.05) is 19.2 Å². The zero-order chi connectivity index (χ0) is 18.4. The molecule has 1 atom stereocenters. The molecule has 0 bridgehead atoms. The van der Waals surface area contributed by atoms with Crippen molar-refractivity contribution in [3.63, 3.8) is 0 Å². The van der Waals surface area contributed by atoms with Gasteiger partial charge in [-0.1, -0.05) is 31.4 Å². The van der Waals surface area contributed by atoms with Crippen LogP contribution >= 0.6 is 24.0 Å². The predicted molar refractivity (Wildman–Crippen MR) is 119 cm³/mol. The van der Waals surface area contributed by atoms with Crippen LogP contribution in [0.2, 0.25) is 0 Å². The lowest BCUT2D eigenvalue weighted by molar-refractivity contribution is 0.157. The Morgan fingerprint density at radius 1 is 1.26 bits per heavy atom. The first-order chi connectivity index (χ1) is 12.7. The Labute approximate surface area is 180 Å². The van der Waals surface area contributed by atoms with Gasteiger partial charge in [0.1, 0.15) is 5.82 Å². The third-order valence-electron chi connectivity index (χ3n) is 6.05. The number of ether oxygens (including phenoxy) is 1. The lowest BCUT2D eigenvalue weighted by atomic mass is 9.69. The van der Waals surface area contributed by atoms with Crippen molar-refractivity contribution in [1.29, 1.82) is 0 Å². The number of nitrogens with one attached hydrogen (secondary N) is 1. The SMILES string of the molecule is CN=C(NCC1(c2ccc(F)cc2)CCCCC1)N1CCC(COC)C1.I. The van der Waals surface area contributed by atoms with Gasteiger partial charge in [-0.2, -0.15) is 0 Å². The maximum atomic E-state index is 13.4. The van der Waals surface area contributed by atoms with Gasteiger partial charge in [-0.05, 0) is 37.0 Å². The molecule has 6 heteroatoms. The summed E-state index contributed by atoms with van der Waals surface area (Å²) in [5, 5.41) is 3.64. The first-order valence-electron chi connectivity index (χ1n) is 9.87. The van der Waals surface area contributed by atoms with Crippen molar-refractivity contribution in [2.75, 3.05) is 40.4 Å². The fourth-order valence-electron chi connectivity index (χ4n) is 4.58. The highest BCUT2D eigenvalue weighted by molar-refractivity contribution is 14.0. The molecule has 2 fully saturated rings. The number of nitrogens with zero attached hydrogens (tertiary/aromatic N) is 2. The van der Waals surface area contributed by atoms with Crippen molar-refractivity contribution in [2.45, 2.75) is 43.9 Å². The summed E-state index contributed by atoms with van der Waals surface area (Å²) in [7, 11) is 3.63. The molecule has 152 valence electrons. The van der Waals surface area contributed by atoms with E-state index in [0.29, 0.717) is 5.92 Å². The summed E-state index contributed by atoms with van der Waals surface area (Å²) in [4.78, 5) is 6.86. The molecular weight excluding hydrogens is 456 g/mol. The van der Waals surface area contributed by atoms with Gasteiger partial charge in [0.25, 0.3) is 0 Å². The van der Waals surface area contributed by atoms with E-state index in [9.17, 15) is 4.39 Å². The Bertz CT molecular complexity index is 602. The second-order valence-corrected chi connectivity index (χ2v) is 7.80. The predicted octanol–water partition coefficient (Wildman–Crippen LogP) is 4.19. The van der Waals surface area contributed by atoms with Crippen molar-refractivity contribution >= 4 is 29.9 Å². The van der Waals surface area contributed by atoms with Gasteiger partial charge in [-0.15, -0.1) is 24.0 Å². The van der Waals surface area contributed by atoms with E-state index in [-0.39, 0.29) is 35.2 Å². The normalized spacial score (nSPS) is 22.4. The molecule has 1 aliphatic heterocycles. The molecule has 1 N–H and O–H groups in total. The van der Waals surface area contributed by atoms with Gasteiger partial charge in [0, 0.05) is 45.1 Å². The van der Waals surface area contributed by atoms with Crippen LogP contribution in [0.3, 0.4) is 0 Å². The minimum Gasteiger partial charge on any atom is -0.384 e. The summed E-state index contributed by atoms with van der Waals surface area (Å²) < 4.78 is 18.7. The average molecular weight is 489 g/mol. The van der Waals surface area contributed by atoms with Gasteiger partial charge in [0.05, 0.1) is 6.61 Å². The lowest BCUT2D eigenvalue weighted by Gasteiger charge is -2.39.